The van der Waals surface area contributed by atoms with Gasteiger partial charge >= 0.3 is 0 Å². The minimum atomic E-state index is -3.70. The number of aromatic nitrogens is 1. The molecule has 10 heteroatoms. The number of para-hydroxylation sites is 1. The van der Waals surface area contributed by atoms with Crippen molar-refractivity contribution in [2.75, 3.05) is 47.6 Å². The molecule has 1 aromatic heterocycles. The third-order valence-corrected chi connectivity index (χ3v) is 10.0. The second-order valence-electron chi connectivity index (χ2n) is 10.5. The van der Waals surface area contributed by atoms with Gasteiger partial charge in [-0.25, -0.2) is 8.42 Å². The molecule has 3 heterocycles. The molecule has 1 spiro atoms. The number of ether oxygens (including phenoxy) is 3. The second-order valence-corrected chi connectivity index (χ2v) is 12.4. The first kappa shape index (κ1) is 26.6. The van der Waals surface area contributed by atoms with Crippen LogP contribution in [0.1, 0.15) is 22.9 Å². The number of aromatic amines is 1. The van der Waals surface area contributed by atoms with Crippen LogP contribution in [0.25, 0.3) is 10.9 Å². The Hall–Kier alpha value is -3.57. The fourth-order valence-electron chi connectivity index (χ4n) is 6.29. The zero-order chi connectivity index (χ0) is 28.1. The number of aliphatic hydroxyl groups excluding tert-OH is 1. The molecular weight excluding hydrogens is 530 g/mol. The summed E-state index contributed by atoms with van der Waals surface area (Å²) in [5, 5.41) is 11.7. The van der Waals surface area contributed by atoms with Crippen LogP contribution in [0.15, 0.2) is 71.6 Å². The first-order chi connectivity index (χ1) is 19.3. The molecule has 9 nitrogen and oxygen atoms in total. The first-order valence-electron chi connectivity index (χ1n) is 13.1. The van der Waals surface area contributed by atoms with Crippen molar-refractivity contribution in [1.82, 2.24) is 14.2 Å². The number of aliphatic hydroxyl groups is 1. The zero-order valence-electron chi connectivity index (χ0n) is 22.8. The summed E-state index contributed by atoms with van der Waals surface area (Å²) in [6.45, 7) is 1.69. The predicted octanol–water partition coefficient (Wildman–Crippen LogP) is 3.69. The molecule has 0 unspecified atom stereocenters. The van der Waals surface area contributed by atoms with Crippen molar-refractivity contribution in [3.8, 4) is 17.2 Å². The molecule has 0 saturated carbocycles. The summed E-state index contributed by atoms with van der Waals surface area (Å²) in [5.41, 5.74) is 3.42. The van der Waals surface area contributed by atoms with Crippen molar-refractivity contribution in [1.29, 1.82) is 0 Å². The maximum Gasteiger partial charge on any atom is 0.243 e. The highest BCUT2D eigenvalue weighted by Crippen LogP contribution is 2.50. The highest BCUT2D eigenvalue weighted by molar-refractivity contribution is 7.89. The molecule has 0 amide bonds. The molecule has 210 valence electrons. The van der Waals surface area contributed by atoms with Crippen LogP contribution in [-0.2, 0) is 22.0 Å². The number of hydrogen-bond donors (Lipinski definition) is 2. The highest BCUT2D eigenvalue weighted by Gasteiger charge is 2.55. The Kier molecular flexibility index (Phi) is 6.74. The Balaban J connectivity index is 1.41. The third kappa shape index (κ3) is 4.23. The number of rotatable bonds is 8. The lowest BCUT2D eigenvalue weighted by Gasteiger charge is -2.55. The molecule has 6 rings (SSSR count). The number of sulfonamides is 1. The molecule has 4 aromatic rings. The van der Waals surface area contributed by atoms with Gasteiger partial charge in [0.2, 0.25) is 10.0 Å². The van der Waals surface area contributed by atoms with Crippen molar-refractivity contribution >= 4 is 20.9 Å². The Morgan fingerprint density at radius 1 is 0.925 bits per heavy atom. The lowest BCUT2D eigenvalue weighted by atomic mass is 9.70. The molecular formula is C30H33N3O6S. The first-order valence-corrected chi connectivity index (χ1v) is 14.6. The summed E-state index contributed by atoms with van der Waals surface area (Å²) in [7, 11) is 1.13. The molecule has 2 N–H and O–H groups in total. The largest absolute Gasteiger partial charge is 0.497 e. The van der Waals surface area contributed by atoms with Crippen molar-refractivity contribution in [3.63, 3.8) is 0 Å². The molecule has 1 fully saturated rings. The summed E-state index contributed by atoms with van der Waals surface area (Å²) in [6, 6.07) is 19.9. The summed E-state index contributed by atoms with van der Waals surface area (Å²) < 4.78 is 45.0. The van der Waals surface area contributed by atoms with Crippen LogP contribution in [0.2, 0.25) is 0 Å². The Labute approximate surface area is 233 Å². The van der Waals surface area contributed by atoms with Gasteiger partial charge in [-0.15, -0.1) is 0 Å². The molecule has 2 aliphatic heterocycles. The van der Waals surface area contributed by atoms with Crippen LogP contribution in [0.4, 0.5) is 0 Å². The Bertz CT molecular complexity index is 1640. The fraction of sp³-hybridized carbons (Fsp3) is 0.333. The molecule has 0 bridgehead atoms. The van der Waals surface area contributed by atoms with E-state index in [4.69, 9.17) is 14.2 Å². The van der Waals surface area contributed by atoms with Gasteiger partial charge in [0.1, 0.15) is 17.2 Å². The number of benzene rings is 3. The molecule has 2 aliphatic rings. The molecule has 40 heavy (non-hydrogen) atoms. The zero-order valence-corrected chi connectivity index (χ0v) is 23.6. The summed E-state index contributed by atoms with van der Waals surface area (Å²) in [6.07, 6.45) is 0. The van der Waals surface area contributed by atoms with E-state index < -0.39 is 15.4 Å². The SMILES string of the molecule is COc1ccc(S(=O)(=O)N2CC3(CN(Cc4ccccc4OC)[C@@H](CO)c4[nH]c5cc(OC)ccc5c43)C2)cc1. The smallest absolute Gasteiger partial charge is 0.243 e. The van der Waals surface area contributed by atoms with E-state index in [1.165, 1.54) is 0 Å². The van der Waals surface area contributed by atoms with E-state index in [-0.39, 0.29) is 17.5 Å². The van der Waals surface area contributed by atoms with E-state index in [1.54, 1.807) is 49.9 Å². The number of hydrogen-bond acceptors (Lipinski definition) is 7. The van der Waals surface area contributed by atoms with Crippen molar-refractivity contribution in [2.45, 2.75) is 22.9 Å². The molecule has 0 radical (unpaired) electrons. The van der Waals surface area contributed by atoms with Crippen LogP contribution in [-0.4, -0.2) is 75.3 Å². The van der Waals surface area contributed by atoms with Gasteiger partial charge in [-0.05, 0) is 48.0 Å². The van der Waals surface area contributed by atoms with E-state index >= 15 is 0 Å². The lowest BCUT2D eigenvalue weighted by Crippen LogP contribution is -2.67. The van der Waals surface area contributed by atoms with Crippen LogP contribution in [0.5, 0.6) is 17.2 Å². The normalized spacial score (nSPS) is 18.9. The van der Waals surface area contributed by atoms with E-state index in [2.05, 4.69) is 9.88 Å². The number of nitrogens with zero attached hydrogens (tertiary/aromatic N) is 2. The van der Waals surface area contributed by atoms with Gasteiger partial charge in [-0.3, -0.25) is 4.90 Å². The molecule has 1 atom stereocenters. The van der Waals surface area contributed by atoms with Crippen molar-refractivity contribution < 1.29 is 27.7 Å². The molecule has 0 aliphatic carbocycles. The summed E-state index contributed by atoms with van der Waals surface area (Å²) >= 11 is 0. The van der Waals surface area contributed by atoms with Gasteiger partial charge < -0.3 is 24.3 Å². The lowest BCUT2D eigenvalue weighted by molar-refractivity contribution is 0.0254. The van der Waals surface area contributed by atoms with Crippen LogP contribution in [0.3, 0.4) is 0 Å². The third-order valence-electron chi connectivity index (χ3n) is 8.24. The van der Waals surface area contributed by atoms with Gasteiger partial charge in [0.15, 0.2) is 0 Å². The number of fused-ring (bicyclic) bond motifs is 4. The van der Waals surface area contributed by atoms with Gasteiger partial charge in [0.25, 0.3) is 0 Å². The topological polar surface area (TPSA) is 104 Å². The minimum Gasteiger partial charge on any atom is -0.497 e. The van der Waals surface area contributed by atoms with Gasteiger partial charge in [-0.2, -0.15) is 4.31 Å². The maximum atomic E-state index is 13.6. The fourth-order valence-corrected chi connectivity index (χ4v) is 7.90. The average molecular weight is 564 g/mol. The monoisotopic (exact) mass is 563 g/mol. The molecule has 3 aromatic carbocycles. The highest BCUT2D eigenvalue weighted by atomic mass is 32.2. The number of methoxy groups -OCH3 is 3. The van der Waals surface area contributed by atoms with Crippen LogP contribution < -0.4 is 14.2 Å². The predicted molar refractivity (Wildman–Crippen MR) is 152 cm³/mol. The van der Waals surface area contributed by atoms with E-state index in [0.29, 0.717) is 31.9 Å². The van der Waals surface area contributed by atoms with E-state index in [1.807, 2.05) is 42.5 Å². The number of nitrogens with one attached hydrogen (secondary N) is 1. The second kappa shape index (κ2) is 10.1. The summed E-state index contributed by atoms with van der Waals surface area (Å²) in [5.74, 6) is 2.11. The number of H-pyrrole nitrogens is 1. The molecule has 1 saturated heterocycles. The van der Waals surface area contributed by atoms with Crippen LogP contribution >= 0.6 is 0 Å². The average Bonchev–Trinajstić information content (AvgIpc) is 3.34. The Morgan fingerprint density at radius 3 is 2.30 bits per heavy atom. The quantitative estimate of drug-likeness (QED) is 0.337. The summed E-state index contributed by atoms with van der Waals surface area (Å²) in [4.78, 5) is 6.03. The van der Waals surface area contributed by atoms with Gasteiger partial charge in [0, 0.05) is 59.8 Å². The van der Waals surface area contributed by atoms with Crippen molar-refractivity contribution in [2.24, 2.45) is 0 Å². The maximum absolute atomic E-state index is 13.6. The van der Waals surface area contributed by atoms with Gasteiger partial charge in [-0.1, -0.05) is 18.2 Å². The van der Waals surface area contributed by atoms with E-state index in [0.717, 1.165) is 39.2 Å². The van der Waals surface area contributed by atoms with E-state index in [9.17, 15) is 13.5 Å². The van der Waals surface area contributed by atoms with Crippen LogP contribution in [0, 0.1) is 0 Å². The Morgan fingerprint density at radius 2 is 1.62 bits per heavy atom. The standard InChI is InChI=1S/C30H33N3O6S/c1-37-21-8-11-23(12-9-21)40(35,36)33-18-30(19-33)17-32(15-20-6-4-5-7-27(20)39-3)26(16-34)29-28(30)24-13-10-22(38-2)14-25(24)31-29/h4-14,26,31,34H,15-19H2,1-3H3/t26-/m0/s1. The van der Waals surface area contributed by atoms with Crippen molar-refractivity contribution in [3.05, 3.63) is 83.6 Å². The minimum absolute atomic E-state index is 0.0873. The van der Waals surface area contributed by atoms with Gasteiger partial charge in [0.05, 0.1) is 38.9 Å².